The highest BCUT2D eigenvalue weighted by Gasteiger charge is 2.37. The Morgan fingerprint density at radius 3 is 2.24 bits per heavy atom. The Kier molecular flexibility index (Phi) is 5.33. The fraction of sp³-hybridized carbons (Fsp3) is 0.429. The molecule has 0 aliphatic carbocycles. The minimum Gasteiger partial charge on any atom is -0.357 e. The predicted octanol–water partition coefficient (Wildman–Crippen LogP) is 3.38. The first-order valence-electron chi connectivity index (χ1n) is 7.35. The molecule has 0 atom stereocenters. The molecular weight excluding hydrogens is 381 g/mol. The monoisotopic (exact) mass is 396 g/mol. The third kappa shape index (κ3) is 3.90. The van der Waals surface area contributed by atoms with Crippen LogP contribution in [0.5, 0.6) is 0 Å². The maximum absolute atomic E-state index is 12.9. The largest absolute Gasteiger partial charge is 0.453 e. The first-order chi connectivity index (χ1) is 11.5. The molecule has 0 amide bonds. The fourth-order valence-corrected chi connectivity index (χ4v) is 3.61. The topological polar surface area (TPSA) is 76.9 Å². The van der Waals surface area contributed by atoms with Gasteiger partial charge in [0, 0.05) is 17.7 Å². The highest BCUT2D eigenvalue weighted by atomic mass is 35.7. The van der Waals surface area contributed by atoms with Crippen molar-refractivity contribution in [3.05, 3.63) is 29.1 Å². The van der Waals surface area contributed by atoms with Gasteiger partial charge in [-0.2, -0.15) is 22.8 Å². The molecule has 1 heterocycles. The normalized spacial score (nSPS) is 12.4. The summed E-state index contributed by atoms with van der Waals surface area (Å²) in [6.45, 7) is 3.56. The molecule has 25 heavy (non-hydrogen) atoms. The second-order valence-corrected chi connectivity index (χ2v) is 7.69. The molecule has 0 saturated carbocycles. The van der Waals surface area contributed by atoms with Crippen LogP contribution in [0.25, 0.3) is 5.69 Å². The van der Waals surface area contributed by atoms with Crippen molar-refractivity contribution in [1.82, 2.24) is 14.8 Å². The summed E-state index contributed by atoms with van der Waals surface area (Å²) < 4.78 is 63.4. The van der Waals surface area contributed by atoms with E-state index >= 15 is 0 Å². The summed E-state index contributed by atoms with van der Waals surface area (Å²) in [4.78, 5) is 3.26. The lowest BCUT2D eigenvalue weighted by Crippen LogP contribution is -2.11. The molecular formula is C14H16ClF3N4O2S. The van der Waals surface area contributed by atoms with Gasteiger partial charge in [-0.05, 0) is 30.0 Å². The molecule has 6 nitrogen and oxygen atoms in total. The van der Waals surface area contributed by atoms with Crippen LogP contribution in [-0.4, -0.2) is 30.2 Å². The van der Waals surface area contributed by atoms with Crippen molar-refractivity contribution >= 4 is 25.7 Å². The van der Waals surface area contributed by atoms with Crippen molar-refractivity contribution in [2.24, 2.45) is 0 Å². The number of hydrogen-bond acceptors (Lipinski definition) is 5. The number of nitrogens with zero attached hydrogens (tertiary/aromatic N) is 3. The van der Waals surface area contributed by atoms with Gasteiger partial charge in [-0.25, -0.2) is 8.42 Å². The van der Waals surface area contributed by atoms with E-state index in [0.717, 1.165) is 4.68 Å². The van der Waals surface area contributed by atoms with E-state index in [0.29, 0.717) is 24.0 Å². The Balaban J connectivity index is 2.80. The summed E-state index contributed by atoms with van der Waals surface area (Å²) in [5.41, 5.74) is 1.28. The van der Waals surface area contributed by atoms with Crippen LogP contribution in [-0.2, 0) is 28.1 Å². The van der Waals surface area contributed by atoms with E-state index in [1.165, 1.54) is 13.1 Å². The second-order valence-electron chi connectivity index (χ2n) is 5.15. The third-order valence-corrected chi connectivity index (χ3v) is 5.00. The number of nitrogens with one attached hydrogen (secondary N) is 1. The summed E-state index contributed by atoms with van der Waals surface area (Å²) in [7, 11) is 2.80. The molecule has 0 spiro atoms. The van der Waals surface area contributed by atoms with Crippen LogP contribution in [0.4, 0.5) is 19.1 Å². The molecule has 2 aromatic rings. The molecule has 0 radical (unpaired) electrons. The number of aromatic nitrogens is 3. The van der Waals surface area contributed by atoms with Crippen LogP contribution >= 0.6 is 10.7 Å². The molecule has 0 saturated heterocycles. The molecule has 0 unspecified atom stereocenters. The molecule has 138 valence electrons. The lowest BCUT2D eigenvalue weighted by Gasteiger charge is -2.14. The van der Waals surface area contributed by atoms with Crippen molar-refractivity contribution in [1.29, 1.82) is 0 Å². The van der Waals surface area contributed by atoms with Gasteiger partial charge in [0.05, 0.1) is 10.6 Å². The number of aryl methyl sites for hydroxylation is 2. The number of hydrogen-bond donors (Lipinski definition) is 1. The van der Waals surface area contributed by atoms with Crippen LogP contribution in [0, 0.1) is 0 Å². The lowest BCUT2D eigenvalue weighted by atomic mass is 10.0. The summed E-state index contributed by atoms with van der Waals surface area (Å²) in [5.74, 6) is -1.49. The highest BCUT2D eigenvalue weighted by molar-refractivity contribution is 8.13. The molecule has 1 aromatic heterocycles. The van der Waals surface area contributed by atoms with Crippen molar-refractivity contribution in [3.8, 4) is 5.69 Å². The number of halogens is 4. The predicted molar refractivity (Wildman–Crippen MR) is 87.7 cm³/mol. The summed E-state index contributed by atoms with van der Waals surface area (Å²) in [6, 6.07) is 2.84. The lowest BCUT2D eigenvalue weighted by molar-refractivity contribution is -0.144. The standard InChI is InChI=1S/C14H16ClF3N4O2S/c1-4-8-6-9(5-2)11(25(15,23)24)7-10(8)22-13(19-3)20-12(21-22)14(16,17)18/h6-7H,4-5H2,1-3H3,(H,19,20,21). The van der Waals surface area contributed by atoms with Crippen LogP contribution in [0.1, 0.15) is 30.8 Å². The van der Waals surface area contributed by atoms with E-state index in [1.54, 1.807) is 19.9 Å². The van der Waals surface area contributed by atoms with E-state index < -0.39 is 21.1 Å². The summed E-state index contributed by atoms with van der Waals surface area (Å²) >= 11 is 0. The Morgan fingerprint density at radius 1 is 1.20 bits per heavy atom. The average molecular weight is 397 g/mol. The van der Waals surface area contributed by atoms with E-state index in [4.69, 9.17) is 10.7 Å². The summed E-state index contributed by atoms with van der Waals surface area (Å²) in [5, 5.41) is 6.02. The van der Waals surface area contributed by atoms with Crippen molar-refractivity contribution < 1.29 is 21.6 Å². The van der Waals surface area contributed by atoms with Crippen molar-refractivity contribution in [2.45, 2.75) is 37.8 Å². The quantitative estimate of drug-likeness (QED) is 0.784. The Hall–Kier alpha value is -1.81. The van der Waals surface area contributed by atoms with Gasteiger partial charge < -0.3 is 5.32 Å². The second kappa shape index (κ2) is 6.83. The van der Waals surface area contributed by atoms with Crippen molar-refractivity contribution in [3.63, 3.8) is 0 Å². The zero-order chi connectivity index (χ0) is 19.0. The minimum atomic E-state index is -4.73. The Morgan fingerprint density at radius 2 is 1.80 bits per heavy atom. The van der Waals surface area contributed by atoms with E-state index in [-0.39, 0.29) is 16.5 Å². The maximum Gasteiger partial charge on any atom is 0.453 e. The van der Waals surface area contributed by atoms with Gasteiger partial charge >= 0.3 is 6.18 Å². The SMILES string of the molecule is CCc1cc(CC)c(S(=O)(=O)Cl)cc1-n1nc(C(F)(F)F)nc1NC. The molecule has 0 fully saturated rings. The first kappa shape index (κ1) is 19.5. The van der Waals surface area contributed by atoms with Gasteiger partial charge in [0.1, 0.15) is 0 Å². The number of rotatable bonds is 5. The fourth-order valence-electron chi connectivity index (χ4n) is 2.41. The van der Waals surface area contributed by atoms with E-state index in [2.05, 4.69) is 15.4 Å². The molecule has 0 bridgehead atoms. The zero-order valence-electron chi connectivity index (χ0n) is 13.6. The van der Waals surface area contributed by atoms with Crippen LogP contribution < -0.4 is 5.32 Å². The van der Waals surface area contributed by atoms with Gasteiger partial charge in [0.2, 0.25) is 5.95 Å². The molecule has 2 rings (SSSR count). The molecule has 0 aliphatic rings. The van der Waals surface area contributed by atoms with Gasteiger partial charge in [0.25, 0.3) is 14.9 Å². The minimum absolute atomic E-state index is 0.157. The molecule has 11 heteroatoms. The Labute approximate surface area is 147 Å². The van der Waals surface area contributed by atoms with E-state index in [9.17, 15) is 21.6 Å². The van der Waals surface area contributed by atoms with Crippen LogP contribution in [0.15, 0.2) is 17.0 Å². The van der Waals surface area contributed by atoms with Gasteiger partial charge in [-0.3, -0.25) is 0 Å². The number of benzene rings is 1. The van der Waals surface area contributed by atoms with Gasteiger partial charge in [-0.1, -0.05) is 19.9 Å². The molecule has 1 aromatic carbocycles. The first-order valence-corrected chi connectivity index (χ1v) is 9.66. The average Bonchev–Trinajstić information content (AvgIpc) is 2.96. The van der Waals surface area contributed by atoms with Gasteiger partial charge in [0.15, 0.2) is 0 Å². The smallest absolute Gasteiger partial charge is 0.357 e. The van der Waals surface area contributed by atoms with Gasteiger partial charge in [-0.15, -0.1) is 5.10 Å². The maximum atomic E-state index is 12.9. The molecule has 0 aliphatic heterocycles. The Bertz CT molecular complexity index is 894. The number of alkyl halides is 3. The summed E-state index contributed by atoms with van der Waals surface area (Å²) in [6.07, 6.45) is -3.87. The third-order valence-electron chi connectivity index (χ3n) is 3.60. The number of anilines is 1. The van der Waals surface area contributed by atoms with Crippen molar-refractivity contribution in [2.75, 3.05) is 12.4 Å². The molecule has 1 N–H and O–H groups in total. The highest BCUT2D eigenvalue weighted by Crippen LogP contribution is 2.32. The van der Waals surface area contributed by atoms with Crippen LogP contribution in [0.3, 0.4) is 0 Å². The zero-order valence-corrected chi connectivity index (χ0v) is 15.2. The van der Waals surface area contributed by atoms with E-state index in [1.807, 2.05) is 0 Å². The van der Waals surface area contributed by atoms with Crippen LogP contribution in [0.2, 0.25) is 0 Å².